The normalized spacial score (nSPS) is 11.4. The Morgan fingerprint density at radius 1 is 0.296 bits per heavy atom. The van der Waals surface area contributed by atoms with Gasteiger partial charge in [-0.25, -0.2) is 9.59 Å². The van der Waals surface area contributed by atoms with Gasteiger partial charge in [-0.2, -0.15) is 0 Å². The highest BCUT2D eigenvalue weighted by Gasteiger charge is 2.15. The summed E-state index contributed by atoms with van der Waals surface area (Å²) < 4.78 is 22.8. The summed E-state index contributed by atoms with van der Waals surface area (Å²) >= 11 is 0. The second-order valence-electron chi connectivity index (χ2n) is 22.4. The topological polar surface area (TPSA) is 105 Å². The smallest absolute Gasteiger partial charge is 0.336 e. The summed E-state index contributed by atoms with van der Waals surface area (Å²) in [7, 11) is 0. The monoisotopic (exact) mass is 1110 g/mol. The molecule has 0 spiro atoms. The fourth-order valence-electron chi connectivity index (χ4n) is 10.1. The molecule has 4 aromatic carbocycles. The highest BCUT2D eigenvalue weighted by atomic mass is 16.5. The summed E-state index contributed by atoms with van der Waals surface area (Å²) in [5.41, 5.74) is 2.31. The van der Waals surface area contributed by atoms with Crippen LogP contribution >= 0.6 is 0 Å². The Morgan fingerprint density at radius 3 is 0.790 bits per heavy atom. The number of unbranched alkanes of at least 4 members (excludes halogenated alkanes) is 34. The molecular formula is C73H104O8. The highest BCUT2D eigenvalue weighted by molar-refractivity contribution is 6.13. The molecule has 4 aromatic rings. The molecule has 0 atom stereocenters. The zero-order chi connectivity index (χ0) is 57.5. The van der Waals surface area contributed by atoms with Crippen LogP contribution in [-0.4, -0.2) is 36.7 Å². The first kappa shape index (κ1) is 67.7. The second-order valence-corrected chi connectivity index (χ2v) is 22.4. The van der Waals surface area contributed by atoms with E-state index >= 15 is 0 Å². The Kier molecular flexibility index (Phi) is 38.3. The quantitative estimate of drug-likeness (QED) is 0.0108. The average molecular weight is 1110 g/mol. The van der Waals surface area contributed by atoms with Gasteiger partial charge in [0.25, 0.3) is 0 Å². The molecule has 0 aliphatic heterocycles. The van der Waals surface area contributed by atoms with Crippen LogP contribution in [0.2, 0.25) is 0 Å². The van der Waals surface area contributed by atoms with E-state index in [1.165, 1.54) is 279 Å². The number of benzene rings is 4. The Morgan fingerprint density at radius 2 is 0.531 bits per heavy atom. The first-order valence-electron chi connectivity index (χ1n) is 32.3. The number of ketones is 2. The van der Waals surface area contributed by atoms with Crippen LogP contribution in [0.25, 0.3) is 12.2 Å². The molecule has 444 valence electrons. The lowest BCUT2D eigenvalue weighted by molar-refractivity contribution is -0.129. The lowest BCUT2D eigenvalue weighted by atomic mass is 10.0. The Labute approximate surface area is 490 Å². The van der Waals surface area contributed by atoms with Crippen molar-refractivity contribution in [2.45, 2.75) is 251 Å². The molecule has 81 heavy (non-hydrogen) atoms. The minimum Gasteiger partial charge on any atom is -0.494 e. The molecule has 8 heteroatoms. The van der Waals surface area contributed by atoms with Gasteiger partial charge in [0.05, 0.1) is 19.6 Å². The van der Waals surface area contributed by atoms with Crippen molar-refractivity contribution in [3.63, 3.8) is 0 Å². The van der Waals surface area contributed by atoms with E-state index in [2.05, 4.69) is 13.8 Å². The van der Waals surface area contributed by atoms with Gasteiger partial charge < -0.3 is 18.9 Å². The Hall–Kier alpha value is -5.76. The number of rotatable bonds is 50. The number of esters is 2. The van der Waals surface area contributed by atoms with Crippen LogP contribution in [0.4, 0.5) is 0 Å². The van der Waals surface area contributed by atoms with Crippen molar-refractivity contribution in [2.24, 2.45) is 0 Å². The van der Waals surface area contributed by atoms with Crippen LogP contribution in [0.15, 0.2) is 109 Å². The van der Waals surface area contributed by atoms with E-state index in [1.54, 1.807) is 12.2 Å². The van der Waals surface area contributed by atoms with Gasteiger partial charge in [0, 0.05) is 23.3 Å². The largest absolute Gasteiger partial charge is 0.494 e. The van der Waals surface area contributed by atoms with Crippen LogP contribution in [0.3, 0.4) is 0 Å². The van der Waals surface area contributed by atoms with Gasteiger partial charge >= 0.3 is 11.9 Å². The maximum atomic E-state index is 13.0. The first-order chi connectivity index (χ1) is 39.8. The fraction of sp³-hybridized carbons (Fsp3) is 0.562. The number of hydrogen-bond acceptors (Lipinski definition) is 8. The van der Waals surface area contributed by atoms with Crippen LogP contribution in [0.1, 0.15) is 283 Å². The molecule has 0 aliphatic carbocycles. The number of Topliss-reactive ketones (excluding diaryl/α,β-unsaturated/α-hetero) is 2. The molecule has 4 rings (SSSR count). The molecule has 0 N–H and O–H groups in total. The summed E-state index contributed by atoms with van der Waals surface area (Å²) in [6, 6.07) is 27.5. The van der Waals surface area contributed by atoms with Crippen LogP contribution in [0, 0.1) is 0 Å². The Balaban J connectivity index is 0.986. The summed E-state index contributed by atoms with van der Waals surface area (Å²) in [5.74, 6) is 0.312. The predicted octanol–water partition coefficient (Wildman–Crippen LogP) is 21.2. The van der Waals surface area contributed by atoms with Gasteiger partial charge in [0.1, 0.15) is 23.0 Å². The van der Waals surface area contributed by atoms with Gasteiger partial charge in [-0.1, -0.05) is 256 Å². The summed E-state index contributed by atoms with van der Waals surface area (Å²) in [4.78, 5) is 51.2. The van der Waals surface area contributed by atoms with E-state index in [-0.39, 0.29) is 29.5 Å². The maximum Gasteiger partial charge on any atom is 0.336 e. The second kappa shape index (κ2) is 45.8. The third-order valence-electron chi connectivity index (χ3n) is 15.2. The molecule has 0 unspecified atom stereocenters. The van der Waals surface area contributed by atoms with Crippen molar-refractivity contribution in [1.82, 2.24) is 0 Å². The molecule has 0 amide bonds. The maximum absolute atomic E-state index is 13.0. The van der Waals surface area contributed by atoms with E-state index in [9.17, 15) is 19.2 Å². The number of hydrogen-bond donors (Lipinski definition) is 0. The first-order valence-corrected chi connectivity index (χ1v) is 32.3. The van der Waals surface area contributed by atoms with Gasteiger partial charge in [-0.05, 0) is 109 Å². The molecule has 0 heterocycles. The van der Waals surface area contributed by atoms with Gasteiger partial charge in [-0.15, -0.1) is 0 Å². The van der Waals surface area contributed by atoms with E-state index in [1.807, 2.05) is 48.5 Å². The molecule has 0 fully saturated rings. The van der Waals surface area contributed by atoms with Crippen LogP contribution < -0.4 is 18.9 Å². The van der Waals surface area contributed by atoms with E-state index < -0.39 is 11.9 Å². The number of ether oxygens (including phenoxy) is 4. The lowest BCUT2D eigenvalue weighted by Crippen LogP contribution is -2.09. The van der Waals surface area contributed by atoms with Crippen molar-refractivity contribution >= 4 is 35.7 Å². The van der Waals surface area contributed by atoms with Crippen LogP contribution in [-0.2, 0) is 9.59 Å². The molecule has 0 saturated carbocycles. The van der Waals surface area contributed by atoms with E-state index in [0.29, 0.717) is 24.3 Å². The van der Waals surface area contributed by atoms with Crippen molar-refractivity contribution in [1.29, 1.82) is 0 Å². The van der Waals surface area contributed by atoms with E-state index in [4.69, 9.17) is 18.9 Å². The van der Waals surface area contributed by atoms with Gasteiger partial charge in [0.2, 0.25) is 0 Å². The summed E-state index contributed by atoms with van der Waals surface area (Å²) in [5, 5.41) is 0. The summed E-state index contributed by atoms with van der Waals surface area (Å²) in [6.45, 7) is 5.96. The molecular weight excluding hydrogens is 1000 g/mol. The lowest BCUT2D eigenvalue weighted by Gasteiger charge is -2.07. The zero-order valence-corrected chi connectivity index (χ0v) is 50.4. The molecule has 0 radical (unpaired) electrons. The minimum absolute atomic E-state index is 0.277. The van der Waals surface area contributed by atoms with Gasteiger partial charge in [0.15, 0.2) is 11.6 Å². The highest BCUT2D eigenvalue weighted by Crippen LogP contribution is 2.22. The third-order valence-corrected chi connectivity index (χ3v) is 15.2. The third kappa shape index (κ3) is 34.3. The molecule has 8 nitrogen and oxygen atoms in total. The molecule has 0 bridgehead atoms. The van der Waals surface area contributed by atoms with Crippen molar-refractivity contribution < 1.29 is 38.1 Å². The molecule has 0 aliphatic rings. The Bertz CT molecular complexity index is 2130. The molecule has 0 saturated heterocycles. The SMILES string of the molecule is CCCCCCCCCCCCCCCCCCCCOc1ccc(/C=C/C(=O)Oc2ccc(C(=O)CC(=O)c3ccc(OC(=O)/C=C/c4ccc(OCCCCCCCCCCCCCCCCCCCC)cc4)cc3)cc2)cc1. The summed E-state index contributed by atoms with van der Waals surface area (Å²) in [6.07, 6.45) is 54.5. The van der Waals surface area contributed by atoms with Crippen molar-refractivity contribution in [3.8, 4) is 23.0 Å². The van der Waals surface area contributed by atoms with E-state index in [0.717, 1.165) is 35.5 Å². The van der Waals surface area contributed by atoms with Crippen molar-refractivity contribution in [2.75, 3.05) is 13.2 Å². The minimum atomic E-state index is -0.555. The number of carbonyl (C=O) groups excluding carboxylic acids is 4. The van der Waals surface area contributed by atoms with Gasteiger partial charge in [-0.3, -0.25) is 9.59 Å². The standard InChI is InChI=1S/C73H104O8/c1-3-5-7-9-11-13-15-17-19-21-23-25-27-29-31-33-35-37-59-78-66-49-39-62(40-50-66)43-57-72(76)80-68-53-45-64(46-54-68)70(74)61-71(75)65-47-55-69(56-48-65)81-73(77)58-44-63-41-51-67(52-42-63)79-60-38-36-34-32-30-28-26-24-22-20-18-16-14-12-10-8-6-4-2/h39-58H,3-38,59-61H2,1-2H3/b57-43+,58-44+. The van der Waals surface area contributed by atoms with Crippen molar-refractivity contribution in [3.05, 3.63) is 131 Å². The zero-order valence-electron chi connectivity index (χ0n) is 50.4. The molecule has 0 aromatic heterocycles. The predicted molar refractivity (Wildman–Crippen MR) is 337 cm³/mol. The van der Waals surface area contributed by atoms with Crippen LogP contribution in [0.5, 0.6) is 23.0 Å². The average Bonchev–Trinajstić information content (AvgIpc) is 3.48. The fourth-order valence-corrected chi connectivity index (χ4v) is 10.1. The number of carbonyl (C=O) groups is 4.